The van der Waals surface area contributed by atoms with Gasteiger partial charge >= 0.3 is 5.63 Å². The number of nitrogens with zero attached hydrogens (tertiary/aromatic N) is 1. The smallest absolute Gasteiger partial charge is 0.349 e. The summed E-state index contributed by atoms with van der Waals surface area (Å²) in [5.41, 5.74) is 4.92. The first-order valence-corrected chi connectivity index (χ1v) is 9.38. The Morgan fingerprint density at radius 3 is 2.68 bits per heavy atom. The van der Waals surface area contributed by atoms with Crippen molar-refractivity contribution in [1.82, 2.24) is 15.8 Å². The van der Waals surface area contributed by atoms with Gasteiger partial charge in [-0.3, -0.25) is 20.4 Å². The molecule has 0 aliphatic heterocycles. The van der Waals surface area contributed by atoms with E-state index in [1.54, 1.807) is 24.3 Å². The molecule has 4 aromatic rings. The third-order valence-electron chi connectivity index (χ3n) is 4.11. The molecule has 0 saturated carbocycles. The highest BCUT2D eigenvalue weighted by molar-refractivity contribution is 7.18. The summed E-state index contributed by atoms with van der Waals surface area (Å²) in [5.74, 6) is -1.11. The van der Waals surface area contributed by atoms with Crippen LogP contribution < -0.4 is 16.5 Å². The Kier molecular flexibility index (Phi) is 4.86. The monoisotopic (exact) mass is 393 g/mol. The molecular weight excluding hydrogens is 378 g/mol. The molecule has 2 amide bonds. The molecule has 4 rings (SSSR count). The summed E-state index contributed by atoms with van der Waals surface area (Å²) in [7, 11) is 0. The van der Waals surface area contributed by atoms with Gasteiger partial charge in [-0.15, -0.1) is 11.3 Å². The standard InChI is InChI=1S/C20H15N3O4S/c24-17(9-10-18-21-14-6-2-4-8-16(14)28-18)22-23-19(25)13-11-12-5-1-3-7-15(12)27-20(13)26/h1-8,11H,9-10H2,(H,22,24)(H,23,25). The fourth-order valence-corrected chi connectivity index (χ4v) is 3.69. The number of thiazole rings is 1. The van der Waals surface area contributed by atoms with E-state index in [0.29, 0.717) is 17.4 Å². The summed E-state index contributed by atoms with van der Waals surface area (Å²) in [5, 5.41) is 1.47. The van der Waals surface area contributed by atoms with Gasteiger partial charge in [0.1, 0.15) is 11.1 Å². The average molecular weight is 393 g/mol. The SMILES string of the molecule is O=C(CCc1nc2ccccc2s1)NNC(=O)c1cc2ccccc2oc1=O. The van der Waals surface area contributed by atoms with E-state index in [1.807, 2.05) is 24.3 Å². The van der Waals surface area contributed by atoms with E-state index in [1.165, 1.54) is 17.4 Å². The number of fused-ring (bicyclic) bond motifs is 2. The molecule has 0 aliphatic rings. The van der Waals surface area contributed by atoms with Crippen molar-refractivity contribution >= 4 is 44.3 Å². The van der Waals surface area contributed by atoms with Crippen LogP contribution in [0, 0.1) is 0 Å². The second-order valence-corrected chi connectivity index (χ2v) is 7.18. The molecule has 0 saturated heterocycles. The molecule has 28 heavy (non-hydrogen) atoms. The van der Waals surface area contributed by atoms with Gasteiger partial charge in [-0.1, -0.05) is 30.3 Å². The fraction of sp³-hybridized carbons (Fsp3) is 0.100. The average Bonchev–Trinajstić information content (AvgIpc) is 3.13. The third kappa shape index (κ3) is 3.77. The molecule has 0 aliphatic carbocycles. The molecule has 2 aromatic carbocycles. The summed E-state index contributed by atoms with van der Waals surface area (Å²) in [6, 6.07) is 16.1. The van der Waals surface area contributed by atoms with Crippen LogP contribution in [0.4, 0.5) is 0 Å². The Balaban J connectivity index is 1.36. The van der Waals surface area contributed by atoms with Crippen LogP contribution in [0.15, 0.2) is 63.8 Å². The second kappa shape index (κ2) is 7.61. The Bertz CT molecular complexity index is 1210. The predicted octanol–water partition coefficient (Wildman–Crippen LogP) is 2.80. The quantitative estimate of drug-likeness (QED) is 0.410. The molecule has 8 heteroatoms. The maximum absolute atomic E-state index is 12.2. The van der Waals surface area contributed by atoms with Crippen molar-refractivity contribution in [2.75, 3.05) is 0 Å². The molecular formula is C20H15N3O4S. The Morgan fingerprint density at radius 2 is 1.82 bits per heavy atom. The van der Waals surface area contributed by atoms with E-state index >= 15 is 0 Å². The van der Waals surface area contributed by atoms with E-state index in [2.05, 4.69) is 15.8 Å². The van der Waals surface area contributed by atoms with E-state index < -0.39 is 11.5 Å². The third-order valence-corrected chi connectivity index (χ3v) is 5.20. The lowest BCUT2D eigenvalue weighted by molar-refractivity contribution is -0.121. The Morgan fingerprint density at radius 1 is 1.04 bits per heavy atom. The molecule has 0 spiro atoms. The number of carbonyl (C=O) groups is 2. The first-order chi connectivity index (χ1) is 13.6. The molecule has 2 heterocycles. The summed E-state index contributed by atoms with van der Waals surface area (Å²) in [6.45, 7) is 0. The Hall–Kier alpha value is -3.52. The maximum atomic E-state index is 12.2. The summed E-state index contributed by atoms with van der Waals surface area (Å²) >= 11 is 1.53. The molecule has 2 N–H and O–H groups in total. The van der Waals surface area contributed by atoms with Gasteiger partial charge in [-0.25, -0.2) is 9.78 Å². The van der Waals surface area contributed by atoms with E-state index in [4.69, 9.17) is 4.42 Å². The van der Waals surface area contributed by atoms with Gasteiger partial charge in [0.05, 0.1) is 15.2 Å². The molecule has 0 atom stereocenters. The highest BCUT2D eigenvalue weighted by atomic mass is 32.1. The number of hydrogen-bond donors (Lipinski definition) is 2. The molecule has 0 fully saturated rings. The molecule has 7 nitrogen and oxygen atoms in total. The lowest BCUT2D eigenvalue weighted by Crippen LogP contribution is -2.43. The minimum atomic E-state index is -0.764. The lowest BCUT2D eigenvalue weighted by atomic mass is 10.2. The van der Waals surface area contributed by atoms with Gasteiger partial charge in [0.2, 0.25) is 5.91 Å². The van der Waals surface area contributed by atoms with Crippen molar-refractivity contribution in [1.29, 1.82) is 0 Å². The van der Waals surface area contributed by atoms with E-state index in [0.717, 1.165) is 15.2 Å². The van der Waals surface area contributed by atoms with Gasteiger partial charge in [-0.2, -0.15) is 0 Å². The predicted molar refractivity (Wildman–Crippen MR) is 106 cm³/mol. The molecule has 2 aromatic heterocycles. The number of benzene rings is 2. The zero-order chi connectivity index (χ0) is 19.5. The van der Waals surface area contributed by atoms with E-state index in [-0.39, 0.29) is 17.9 Å². The van der Waals surface area contributed by atoms with Crippen molar-refractivity contribution in [3.05, 3.63) is 75.6 Å². The van der Waals surface area contributed by atoms with Crippen molar-refractivity contribution in [3.8, 4) is 0 Å². The number of amides is 2. The van der Waals surface area contributed by atoms with Gasteiger partial charge in [0.25, 0.3) is 5.91 Å². The van der Waals surface area contributed by atoms with Crippen LogP contribution in [-0.4, -0.2) is 16.8 Å². The summed E-state index contributed by atoms with van der Waals surface area (Å²) in [6.07, 6.45) is 0.617. The zero-order valence-corrected chi connectivity index (χ0v) is 15.4. The topological polar surface area (TPSA) is 101 Å². The summed E-state index contributed by atoms with van der Waals surface area (Å²) in [4.78, 5) is 40.7. The van der Waals surface area contributed by atoms with Crippen LogP contribution in [0.2, 0.25) is 0 Å². The maximum Gasteiger partial charge on any atom is 0.349 e. The van der Waals surface area contributed by atoms with E-state index in [9.17, 15) is 14.4 Å². The first-order valence-electron chi connectivity index (χ1n) is 8.57. The van der Waals surface area contributed by atoms with Gasteiger partial charge in [0.15, 0.2) is 0 Å². The summed E-state index contributed by atoms with van der Waals surface area (Å²) < 4.78 is 6.18. The van der Waals surface area contributed by atoms with Crippen molar-refractivity contribution in [3.63, 3.8) is 0 Å². The lowest BCUT2D eigenvalue weighted by Gasteiger charge is -2.06. The van der Waals surface area contributed by atoms with Crippen LogP contribution in [0.1, 0.15) is 21.8 Å². The molecule has 140 valence electrons. The number of aromatic nitrogens is 1. The Labute approximate surface area is 163 Å². The highest BCUT2D eigenvalue weighted by Crippen LogP contribution is 2.22. The zero-order valence-electron chi connectivity index (χ0n) is 14.6. The van der Waals surface area contributed by atoms with Gasteiger partial charge in [0, 0.05) is 18.2 Å². The normalized spacial score (nSPS) is 10.9. The highest BCUT2D eigenvalue weighted by Gasteiger charge is 2.14. The van der Waals surface area contributed by atoms with Crippen LogP contribution in [0.25, 0.3) is 21.2 Å². The molecule has 0 radical (unpaired) electrons. The van der Waals surface area contributed by atoms with Crippen molar-refractivity contribution in [2.45, 2.75) is 12.8 Å². The number of carbonyl (C=O) groups excluding carboxylic acids is 2. The molecule has 0 unspecified atom stereocenters. The second-order valence-electron chi connectivity index (χ2n) is 6.06. The van der Waals surface area contributed by atoms with Gasteiger partial charge in [-0.05, 0) is 24.3 Å². The van der Waals surface area contributed by atoms with Crippen LogP contribution >= 0.6 is 11.3 Å². The van der Waals surface area contributed by atoms with Crippen molar-refractivity contribution in [2.24, 2.45) is 0 Å². The van der Waals surface area contributed by atoms with Crippen LogP contribution in [0.3, 0.4) is 0 Å². The number of rotatable bonds is 4. The van der Waals surface area contributed by atoms with Crippen LogP contribution in [-0.2, 0) is 11.2 Å². The number of nitrogens with one attached hydrogen (secondary N) is 2. The first kappa shape index (κ1) is 17.9. The van der Waals surface area contributed by atoms with Crippen LogP contribution in [0.5, 0.6) is 0 Å². The number of para-hydroxylation sites is 2. The van der Waals surface area contributed by atoms with Crippen molar-refractivity contribution < 1.29 is 14.0 Å². The largest absolute Gasteiger partial charge is 0.422 e. The van der Waals surface area contributed by atoms with Gasteiger partial charge < -0.3 is 4.42 Å². The minimum absolute atomic E-state index is 0.159. The molecule has 0 bridgehead atoms. The minimum Gasteiger partial charge on any atom is -0.422 e. The number of hydrazine groups is 1. The number of hydrogen-bond acceptors (Lipinski definition) is 6. The fourth-order valence-electron chi connectivity index (χ4n) is 2.72. The number of aryl methyl sites for hydroxylation is 1.